The second-order valence-corrected chi connectivity index (χ2v) is 6.08. The lowest BCUT2D eigenvalue weighted by atomic mass is 10.1. The first-order valence-electron chi connectivity index (χ1n) is 6.63. The zero-order valence-corrected chi connectivity index (χ0v) is 12.8. The number of aryl methyl sites for hydroxylation is 3. The fraction of sp³-hybridized carbons (Fsp3) is 0.615. The summed E-state index contributed by atoms with van der Waals surface area (Å²) in [4.78, 5) is 4.25. The lowest BCUT2D eigenvalue weighted by molar-refractivity contribution is 0.523. The Kier molecular flexibility index (Phi) is 4.66. The summed E-state index contributed by atoms with van der Waals surface area (Å²) in [6, 6.07) is 2.55. The van der Waals surface area contributed by atoms with E-state index >= 15 is 0 Å². The van der Waals surface area contributed by atoms with E-state index in [0.29, 0.717) is 0 Å². The third-order valence-corrected chi connectivity index (χ3v) is 4.37. The van der Waals surface area contributed by atoms with Gasteiger partial charge in [0.05, 0.1) is 7.05 Å². The van der Waals surface area contributed by atoms with Crippen LogP contribution < -0.4 is 5.32 Å². The summed E-state index contributed by atoms with van der Waals surface area (Å²) in [6.45, 7) is 7.50. The van der Waals surface area contributed by atoms with Crippen LogP contribution in [0.5, 0.6) is 0 Å². The van der Waals surface area contributed by atoms with E-state index in [1.807, 2.05) is 11.3 Å². The standard InChI is InChI=1S/C13H21N5S/c1-5-6-14-11(8-13-15-17-18(4)16-13)12-7-9(2)10(3)19-12/h7,11,14H,5-6,8H2,1-4H3. The van der Waals surface area contributed by atoms with Crippen LogP contribution in [0.1, 0.15) is 40.5 Å². The van der Waals surface area contributed by atoms with Crippen molar-refractivity contribution in [1.29, 1.82) is 0 Å². The van der Waals surface area contributed by atoms with Crippen molar-refractivity contribution in [2.75, 3.05) is 6.54 Å². The number of nitrogens with one attached hydrogen (secondary N) is 1. The first-order chi connectivity index (χ1) is 9.10. The Hall–Kier alpha value is -1.27. The van der Waals surface area contributed by atoms with Gasteiger partial charge in [0.25, 0.3) is 0 Å². The molecule has 0 saturated heterocycles. The highest BCUT2D eigenvalue weighted by Crippen LogP contribution is 2.28. The van der Waals surface area contributed by atoms with Crippen molar-refractivity contribution in [2.24, 2.45) is 7.05 Å². The van der Waals surface area contributed by atoms with E-state index in [9.17, 15) is 0 Å². The smallest absolute Gasteiger partial charge is 0.176 e. The highest BCUT2D eigenvalue weighted by molar-refractivity contribution is 7.12. The van der Waals surface area contributed by atoms with Gasteiger partial charge in [-0.1, -0.05) is 6.92 Å². The van der Waals surface area contributed by atoms with Gasteiger partial charge in [0.15, 0.2) is 5.82 Å². The van der Waals surface area contributed by atoms with Crippen molar-refractivity contribution in [3.63, 3.8) is 0 Å². The number of hydrogen-bond acceptors (Lipinski definition) is 5. The van der Waals surface area contributed by atoms with E-state index in [4.69, 9.17) is 0 Å². The molecule has 19 heavy (non-hydrogen) atoms. The van der Waals surface area contributed by atoms with Gasteiger partial charge in [-0.25, -0.2) is 0 Å². The molecule has 1 N–H and O–H groups in total. The monoisotopic (exact) mass is 279 g/mol. The van der Waals surface area contributed by atoms with Crippen molar-refractivity contribution in [3.05, 3.63) is 27.2 Å². The predicted octanol–water partition coefficient (Wildman–Crippen LogP) is 2.17. The molecule has 0 bridgehead atoms. The Balaban J connectivity index is 2.15. The van der Waals surface area contributed by atoms with Gasteiger partial charge in [0.1, 0.15) is 0 Å². The molecule has 0 radical (unpaired) electrons. The Bertz CT molecular complexity index is 511. The predicted molar refractivity (Wildman–Crippen MR) is 77.3 cm³/mol. The van der Waals surface area contributed by atoms with E-state index < -0.39 is 0 Å². The number of nitrogens with zero attached hydrogens (tertiary/aromatic N) is 4. The van der Waals surface area contributed by atoms with Crippen LogP contribution in [0.2, 0.25) is 0 Å². The summed E-state index contributed by atoms with van der Waals surface area (Å²) in [6.07, 6.45) is 1.90. The molecule has 0 saturated carbocycles. The van der Waals surface area contributed by atoms with Gasteiger partial charge in [-0.3, -0.25) is 0 Å². The average Bonchev–Trinajstić information content (AvgIpc) is 2.92. The summed E-state index contributed by atoms with van der Waals surface area (Å²) in [5.74, 6) is 0.791. The van der Waals surface area contributed by atoms with Crippen molar-refractivity contribution >= 4 is 11.3 Å². The van der Waals surface area contributed by atoms with Crippen molar-refractivity contribution in [1.82, 2.24) is 25.5 Å². The molecule has 2 aromatic heterocycles. The summed E-state index contributed by atoms with van der Waals surface area (Å²) < 4.78 is 0. The van der Waals surface area contributed by atoms with E-state index in [1.165, 1.54) is 20.1 Å². The summed E-state index contributed by atoms with van der Waals surface area (Å²) >= 11 is 1.85. The van der Waals surface area contributed by atoms with Crippen molar-refractivity contribution in [2.45, 2.75) is 39.7 Å². The van der Waals surface area contributed by atoms with Crippen LogP contribution in [0.15, 0.2) is 6.07 Å². The lowest BCUT2D eigenvalue weighted by Gasteiger charge is -2.15. The molecule has 0 aromatic carbocycles. The fourth-order valence-electron chi connectivity index (χ4n) is 1.95. The Labute approximate surface area is 118 Å². The van der Waals surface area contributed by atoms with E-state index in [2.05, 4.69) is 47.6 Å². The van der Waals surface area contributed by atoms with Crippen LogP contribution in [0.3, 0.4) is 0 Å². The third-order valence-electron chi connectivity index (χ3n) is 3.11. The highest BCUT2D eigenvalue weighted by atomic mass is 32.1. The molecule has 2 aromatic rings. The maximum Gasteiger partial charge on any atom is 0.176 e. The van der Waals surface area contributed by atoms with Crippen LogP contribution in [0.25, 0.3) is 0 Å². The maximum absolute atomic E-state index is 4.27. The molecule has 0 spiro atoms. The fourth-order valence-corrected chi connectivity index (χ4v) is 3.07. The molecule has 2 heterocycles. The van der Waals surface area contributed by atoms with E-state index in [0.717, 1.165) is 25.2 Å². The van der Waals surface area contributed by atoms with Crippen molar-refractivity contribution in [3.8, 4) is 0 Å². The summed E-state index contributed by atoms with van der Waals surface area (Å²) in [5.41, 5.74) is 1.36. The molecule has 0 amide bonds. The van der Waals surface area contributed by atoms with Gasteiger partial charge in [-0.15, -0.1) is 21.5 Å². The second kappa shape index (κ2) is 6.25. The first-order valence-corrected chi connectivity index (χ1v) is 7.45. The van der Waals surface area contributed by atoms with Gasteiger partial charge in [0, 0.05) is 22.2 Å². The molecule has 0 fully saturated rings. The third kappa shape index (κ3) is 3.61. The average molecular weight is 279 g/mol. The second-order valence-electron chi connectivity index (χ2n) is 4.79. The maximum atomic E-state index is 4.27. The van der Waals surface area contributed by atoms with Gasteiger partial charge in [0.2, 0.25) is 0 Å². The number of aromatic nitrogens is 4. The minimum atomic E-state index is 0.279. The molecule has 1 unspecified atom stereocenters. The molecular weight excluding hydrogens is 258 g/mol. The molecule has 0 aliphatic rings. The Morgan fingerprint density at radius 1 is 1.42 bits per heavy atom. The quantitative estimate of drug-likeness (QED) is 0.880. The lowest BCUT2D eigenvalue weighted by Crippen LogP contribution is -2.23. The SMILES string of the molecule is CCCNC(Cc1nnn(C)n1)c1cc(C)c(C)s1. The number of tetrazole rings is 1. The molecular formula is C13H21N5S. The molecule has 2 rings (SSSR count). The number of hydrogen-bond donors (Lipinski definition) is 1. The molecule has 1 atom stereocenters. The van der Waals surface area contributed by atoms with Gasteiger partial charge in [-0.2, -0.15) is 4.80 Å². The zero-order valence-electron chi connectivity index (χ0n) is 12.0. The largest absolute Gasteiger partial charge is 0.309 e. The van der Waals surface area contributed by atoms with Crippen LogP contribution in [-0.4, -0.2) is 26.8 Å². The molecule has 0 aliphatic carbocycles. The van der Waals surface area contributed by atoms with E-state index in [1.54, 1.807) is 7.05 Å². The van der Waals surface area contributed by atoms with Crippen LogP contribution >= 0.6 is 11.3 Å². The van der Waals surface area contributed by atoms with Crippen molar-refractivity contribution < 1.29 is 0 Å². The zero-order chi connectivity index (χ0) is 13.8. The van der Waals surface area contributed by atoms with Crippen LogP contribution in [0.4, 0.5) is 0 Å². The molecule has 0 aliphatic heterocycles. The van der Waals surface area contributed by atoms with Crippen LogP contribution in [0, 0.1) is 13.8 Å². The van der Waals surface area contributed by atoms with Crippen LogP contribution in [-0.2, 0) is 13.5 Å². The highest BCUT2D eigenvalue weighted by Gasteiger charge is 2.17. The van der Waals surface area contributed by atoms with Gasteiger partial charge in [-0.05, 0) is 43.7 Å². The topological polar surface area (TPSA) is 55.6 Å². The molecule has 104 valence electrons. The number of thiophene rings is 1. The molecule has 5 nitrogen and oxygen atoms in total. The Morgan fingerprint density at radius 3 is 2.74 bits per heavy atom. The minimum absolute atomic E-state index is 0.279. The summed E-state index contributed by atoms with van der Waals surface area (Å²) in [7, 11) is 1.80. The minimum Gasteiger partial charge on any atom is -0.309 e. The first kappa shape index (κ1) is 14.1. The normalized spacial score (nSPS) is 12.8. The summed E-state index contributed by atoms with van der Waals surface area (Å²) in [5, 5.41) is 15.8. The van der Waals surface area contributed by atoms with E-state index in [-0.39, 0.29) is 6.04 Å². The Morgan fingerprint density at radius 2 is 2.21 bits per heavy atom. The number of rotatable bonds is 6. The van der Waals surface area contributed by atoms with Gasteiger partial charge >= 0.3 is 0 Å². The molecule has 6 heteroatoms. The van der Waals surface area contributed by atoms with Gasteiger partial charge < -0.3 is 5.32 Å².